The molecule has 1 fully saturated rings. The minimum absolute atomic E-state index is 0.0310. The fourth-order valence-electron chi connectivity index (χ4n) is 2.68. The maximum absolute atomic E-state index is 12.2. The lowest BCUT2D eigenvalue weighted by Gasteiger charge is -2.20. The molecule has 0 heterocycles. The Morgan fingerprint density at radius 2 is 1.84 bits per heavy atom. The van der Waals surface area contributed by atoms with Gasteiger partial charge in [-0.15, -0.1) is 0 Å². The lowest BCUT2D eigenvalue weighted by Crippen LogP contribution is -2.34. The Kier molecular flexibility index (Phi) is 6.45. The van der Waals surface area contributed by atoms with E-state index in [4.69, 9.17) is 4.74 Å². The van der Waals surface area contributed by atoms with Gasteiger partial charge in [-0.1, -0.05) is 29.8 Å². The van der Waals surface area contributed by atoms with E-state index in [9.17, 15) is 9.59 Å². The van der Waals surface area contributed by atoms with Gasteiger partial charge in [0, 0.05) is 13.0 Å². The van der Waals surface area contributed by atoms with E-state index in [0.29, 0.717) is 25.3 Å². The normalized spacial score (nSPS) is 15.4. The van der Waals surface area contributed by atoms with Crippen molar-refractivity contribution in [3.05, 3.63) is 35.4 Å². The molecule has 2 N–H and O–H groups in total. The highest BCUT2D eigenvalue weighted by molar-refractivity contribution is 5.76. The van der Waals surface area contributed by atoms with Gasteiger partial charge in [0.25, 0.3) is 0 Å². The zero-order valence-corrected chi connectivity index (χ0v) is 15.7. The maximum Gasteiger partial charge on any atom is 0.407 e. The third-order valence-electron chi connectivity index (χ3n) is 4.10. The maximum atomic E-state index is 12.2. The molecule has 0 spiro atoms. The highest BCUT2D eigenvalue weighted by Gasteiger charge is 2.33. The van der Waals surface area contributed by atoms with Crippen molar-refractivity contribution >= 4 is 12.0 Å². The van der Waals surface area contributed by atoms with Gasteiger partial charge < -0.3 is 15.4 Å². The summed E-state index contributed by atoms with van der Waals surface area (Å²) in [6.07, 6.45) is 2.88. The average Bonchev–Trinajstić information content (AvgIpc) is 3.33. The highest BCUT2D eigenvalue weighted by Crippen LogP contribution is 2.41. The van der Waals surface area contributed by atoms with E-state index >= 15 is 0 Å². The second kappa shape index (κ2) is 8.37. The number of carbonyl (C=O) groups is 2. The Morgan fingerprint density at radius 1 is 1.20 bits per heavy atom. The van der Waals surface area contributed by atoms with Crippen molar-refractivity contribution in [3.63, 3.8) is 0 Å². The van der Waals surface area contributed by atoms with Gasteiger partial charge in [-0.25, -0.2) is 4.79 Å². The van der Waals surface area contributed by atoms with Crippen LogP contribution in [0.1, 0.15) is 63.6 Å². The second-order valence-electron chi connectivity index (χ2n) is 7.83. The van der Waals surface area contributed by atoms with Crippen LogP contribution in [0.15, 0.2) is 24.3 Å². The third kappa shape index (κ3) is 7.16. The molecule has 1 aliphatic carbocycles. The first-order valence-corrected chi connectivity index (χ1v) is 9.07. The quantitative estimate of drug-likeness (QED) is 0.737. The van der Waals surface area contributed by atoms with E-state index in [2.05, 4.69) is 41.8 Å². The summed E-state index contributed by atoms with van der Waals surface area (Å²) in [6.45, 7) is 7.96. The summed E-state index contributed by atoms with van der Waals surface area (Å²) in [5.74, 6) is 0.579. The molecule has 1 aromatic rings. The molecule has 1 unspecified atom stereocenters. The molecule has 0 aliphatic heterocycles. The molecule has 0 saturated heterocycles. The molecule has 25 heavy (non-hydrogen) atoms. The van der Waals surface area contributed by atoms with Crippen molar-refractivity contribution in [2.24, 2.45) is 5.92 Å². The molecular weight excluding hydrogens is 316 g/mol. The molecule has 1 atom stereocenters. The van der Waals surface area contributed by atoms with E-state index in [1.807, 2.05) is 20.8 Å². The largest absolute Gasteiger partial charge is 0.444 e. The number of ether oxygens (including phenoxy) is 1. The van der Waals surface area contributed by atoms with Crippen LogP contribution in [-0.2, 0) is 9.53 Å². The highest BCUT2D eigenvalue weighted by atomic mass is 16.6. The monoisotopic (exact) mass is 346 g/mol. The topological polar surface area (TPSA) is 67.4 Å². The molecule has 2 rings (SSSR count). The Balaban J connectivity index is 1.73. The minimum atomic E-state index is -0.507. The van der Waals surface area contributed by atoms with Crippen molar-refractivity contribution < 1.29 is 14.3 Å². The van der Waals surface area contributed by atoms with Crippen molar-refractivity contribution in [2.75, 3.05) is 6.54 Å². The van der Waals surface area contributed by atoms with E-state index in [0.717, 1.165) is 0 Å². The van der Waals surface area contributed by atoms with Crippen LogP contribution in [0.3, 0.4) is 0 Å². The molecule has 0 aromatic heterocycles. The first-order valence-electron chi connectivity index (χ1n) is 9.07. The zero-order valence-electron chi connectivity index (χ0n) is 15.7. The van der Waals surface area contributed by atoms with Crippen molar-refractivity contribution in [3.8, 4) is 0 Å². The summed E-state index contributed by atoms with van der Waals surface area (Å²) in [5.41, 5.74) is 1.89. The number of benzene rings is 1. The van der Waals surface area contributed by atoms with Gasteiger partial charge in [0.2, 0.25) is 5.91 Å². The SMILES string of the molecule is Cc1ccc(C(NC(=O)CCCNC(=O)OC(C)(C)C)C2CC2)cc1. The van der Waals surface area contributed by atoms with E-state index < -0.39 is 11.7 Å². The summed E-state index contributed by atoms with van der Waals surface area (Å²) in [6, 6.07) is 8.47. The van der Waals surface area contributed by atoms with Gasteiger partial charge in [-0.3, -0.25) is 4.79 Å². The van der Waals surface area contributed by atoms with Gasteiger partial charge in [-0.2, -0.15) is 0 Å². The van der Waals surface area contributed by atoms with Crippen LogP contribution in [0.25, 0.3) is 0 Å². The van der Waals surface area contributed by atoms with Crippen LogP contribution in [-0.4, -0.2) is 24.1 Å². The zero-order chi connectivity index (χ0) is 18.4. The molecular formula is C20H30N2O3. The van der Waals surface area contributed by atoms with Gasteiger partial charge in [-0.05, 0) is 58.4 Å². The fourth-order valence-corrected chi connectivity index (χ4v) is 2.68. The van der Waals surface area contributed by atoms with Crippen molar-refractivity contribution in [2.45, 2.75) is 65.0 Å². The van der Waals surface area contributed by atoms with E-state index in [1.165, 1.54) is 24.0 Å². The molecule has 1 aromatic carbocycles. The summed E-state index contributed by atoms with van der Waals surface area (Å²) in [7, 11) is 0. The number of rotatable bonds is 7. The molecule has 5 heteroatoms. The minimum Gasteiger partial charge on any atom is -0.444 e. The molecule has 1 aliphatic rings. The summed E-state index contributed by atoms with van der Waals surface area (Å²) >= 11 is 0. The van der Waals surface area contributed by atoms with Crippen LogP contribution in [0, 0.1) is 12.8 Å². The predicted octanol–water partition coefficient (Wildman–Crippen LogP) is 3.87. The summed E-state index contributed by atoms with van der Waals surface area (Å²) < 4.78 is 5.17. The third-order valence-corrected chi connectivity index (χ3v) is 4.10. The molecule has 5 nitrogen and oxygen atoms in total. The molecule has 138 valence electrons. The number of hydrogen-bond acceptors (Lipinski definition) is 3. The number of hydrogen-bond donors (Lipinski definition) is 2. The first kappa shape index (κ1) is 19.3. The Labute approximate surface area is 150 Å². The standard InChI is InChI=1S/C20H30N2O3/c1-14-7-9-15(10-8-14)18(16-11-12-16)22-17(23)6-5-13-21-19(24)25-20(2,3)4/h7-10,16,18H,5-6,11-13H2,1-4H3,(H,21,24)(H,22,23). The van der Waals surface area contributed by atoms with Crippen LogP contribution in [0.4, 0.5) is 4.79 Å². The number of alkyl carbamates (subject to hydrolysis) is 1. The molecule has 0 bridgehead atoms. The van der Waals surface area contributed by atoms with Crippen LogP contribution >= 0.6 is 0 Å². The van der Waals surface area contributed by atoms with Gasteiger partial charge in [0.1, 0.15) is 5.60 Å². The molecule has 0 radical (unpaired) electrons. The second-order valence-corrected chi connectivity index (χ2v) is 7.83. The van der Waals surface area contributed by atoms with Gasteiger partial charge in [0.15, 0.2) is 0 Å². The smallest absolute Gasteiger partial charge is 0.407 e. The van der Waals surface area contributed by atoms with Crippen LogP contribution in [0.2, 0.25) is 0 Å². The van der Waals surface area contributed by atoms with Gasteiger partial charge >= 0.3 is 6.09 Å². The molecule has 1 saturated carbocycles. The number of aryl methyl sites for hydroxylation is 1. The Hall–Kier alpha value is -2.04. The summed E-state index contributed by atoms with van der Waals surface area (Å²) in [5, 5.41) is 5.84. The summed E-state index contributed by atoms with van der Waals surface area (Å²) in [4.78, 5) is 23.8. The van der Waals surface area contributed by atoms with E-state index in [1.54, 1.807) is 0 Å². The van der Waals surface area contributed by atoms with E-state index in [-0.39, 0.29) is 11.9 Å². The lowest BCUT2D eigenvalue weighted by atomic mass is 10.0. The van der Waals surface area contributed by atoms with Crippen LogP contribution < -0.4 is 10.6 Å². The number of carbonyl (C=O) groups excluding carboxylic acids is 2. The number of nitrogens with one attached hydrogen (secondary N) is 2. The number of amides is 2. The van der Waals surface area contributed by atoms with Crippen molar-refractivity contribution in [1.29, 1.82) is 0 Å². The van der Waals surface area contributed by atoms with Crippen LogP contribution in [0.5, 0.6) is 0 Å². The van der Waals surface area contributed by atoms with Gasteiger partial charge in [0.05, 0.1) is 6.04 Å². The Morgan fingerprint density at radius 3 is 2.40 bits per heavy atom. The average molecular weight is 346 g/mol. The molecule has 2 amide bonds. The Bertz CT molecular complexity index is 586. The first-order chi connectivity index (χ1) is 11.7. The predicted molar refractivity (Wildman–Crippen MR) is 98.3 cm³/mol. The lowest BCUT2D eigenvalue weighted by molar-refractivity contribution is -0.122. The fraction of sp³-hybridized carbons (Fsp3) is 0.600. The van der Waals surface area contributed by atoms with Crippen molar-refractivity contribution in [1.82, 2.24) is 10.6 Å².